The van der Waals surface area contributed by atoms with Crippen molar-refractivity contribution >= 4 is 45.1 Å². The molecule has 2 aromatic carbocycles. The van der Waals surface area contributed by atoms with Crippen LogP contribution in [0.5, 0.6) is 0 Å². The summed E-state index contributed by atoms with van der Waals surface area (Å²) in [6.07, 6.45) is 0. The summed E-state index contributed by atoms with van der Waals surface area (Å²) in [5, 5.41) is 11.0. The summed E-state index contributed by atoms with van der Waals surface area (Å²) in [7, 11) is 3.92. The molecule has 4 rings (SSSR count). The molecule has 0 aliphatic heterocycles. The summed E-state index contributed by atoms with van der Waals surface area (Å²) in [6.45, 7) is 6.55. The largest absolute Gasteiger partial charge is 0.353 e. The summed E-state index contributed by atoms with van der Waals surface area (Å²) in [6, 6.07) is 16.5. The Balaban J connectivity index is 1.56. The zero-order valence-electron chi connectivity index (χ0n) is 19.5. The van der Waals surface area contributed by atoms with E-state index in [4.69, 9.17) is 0 Å². The molecule has 3 N–H and O–H groups in total. The van der Waals surface area contributed by atoms with Crippen molar-refractivity contribution in [3.8, 4) is 0 Å². The second kappa shape index (κ2) is 10.5. The van der Waals surface area contributed by atoms with Gasteiger partial charge in [-0.3, -0.25) is 0 Å². The van der Waals surface area contributed by atoms with Gasteiger partial charge in [0, 0.05) is 32.4 Å². The number of aromatic nitrogens is 4. The Morgan fingerprint density at radius 1 is 1.00 bits per heavy atom. The second-order valence-corrected chi connectivity index (χ2v) is 9.28. The van der Waals surface area contributed by atoms with Crippen LogP contribution < -0.4 is 20.9 Å². The van der Waals surface area contributed by atoms with Gasteiger partial charge in [0.15, 0.2) is 0 Å². The molecule has 0 saturated carbocycles. The number of hydrogen-bond acceptors (Lipinski definition) is 9. The zero-order valence-corrected chi connectivity index (χ0v) is 20.3. The highest BCUT2D eigenvalue weighted by Gasteiger charge is 2.13. The minimum atomic E-state index is 0.321. The quantitative estimate of drug-likeness (QED) is 0.319. The van der Waals surface area contributed by atoms with Gasteiger partial charge in [-0.15, -0.1) is 11.3 Å². The van der Waals surface area contributed by atoms with Gasteiger partial charge in [0.25, 0.3) is 0 Å². The predicted octanol–water partition coefficient (Wildman–Crippen LogP) is 4.40. The van der Waals surface area contributed by atoms with Crippen molar-refractivity contribution in [3.05, 3.63) is 59.1 Å². The van der Waals surface area contributed by atoms with Crippen molar-refractivity contribution in [1.29, 1.82) is 0 Å². The van der Waals surface area contributed by atoms with Crippen LogP contribution in [0.4, 0.5) is 23.5 Å². The van der Waals surface area contributed by atoms with Crippen molar-refractivity contribution < 1.29 is 0 Å². The van der Waals surface area contributed by atoms with Crippen LogP contribution in [0, 0.1) is 6.92 Å². The van der Waals surface area contributed by atoms with E-state index in [1.54, 1.807) is 11.3 Å². The minimum absolute atomic E-state index is 0.321. The molecule has 0 aliphatic carbocycles. The minimum Gasteiger partial charge on any atom is -0.353 e. The molecule has 172 valence electrons. The lowest BCUT2D eigenvalue weighted by molar-refractivity contribution is 0.748. The average Bonchev–Trinajstić information content (AvgIpc) is 3.20. The third-order valence-electron chi connectivity index (χ3n) is 5.35. The van der Waals surface area contributed by atoms with Crippen molar-refractivity contribution in [3.63, 3.8) is 0 Å². The molecule has 0 amide bonds. The SMILES string of the molecule is CNCCN(C)c1nc(NCC(C)c2ccccc2)nc(Nc2ccc3nc(C)sc3c2)n1. The van der Waals surface area contributed by atoms with Crippen LogP contribution in [-0.2, 0) is 0 Å². The Kier molecular flexibility index (Phi) is 7.31. The summed E-state index contributed by atoms with van der Waals surface area (Å²) in [4.78, 5) is 20.5. The number of fused-ring (bicyclic) bond motifs is 1. The Bertz CT molecular complexity index is 1190. The maximum absolute atomic E-state index is 4.66. The number of benzene rings is 2. The van der Waals surface area contributed by atoms with Crippen LogP contribution in [0.15, 0.2) is 48.5 Å². The van der Waals surface area contributed by atoms with Gasteiger partial charge in [-0.05, 0) is 43.7 Å². The topological polar surface area (TPSA) is 90.9 Å². The van der Waals surface area contributed by atoms with Gasteiger partial charge in [-0.2, -0.15) is 15.0 Å². The highest BCUT2D eigenvalue weighted by atomic mass is 32.1. The van der Waals surface area contributed by atoms with E-state index in [1.807, 2.05) is 44.1 Å². The maximum atomic E-state index is 4.66. The number of hydrogen-bond donors (Lipinski definition) is 3. The summed E-state index contributed by atoms with van der Waals surface area (Å²) in [5.74, 6) is 2.00. The van der Waals surface area contributed by atoms with Gasteiger partial charge in [0.2, 0.25) is 17.8 Å². The second-order valence-electron chi connectivity index (χ2n) is 8.04. The van der Waals surface area contributed by atoms with E-state index in [9.17, 15) is 0 Å². The van der Waals surface area contributed by atoms with E-state index in [-0.39, 0.29) is 0 Å². The standard InChI is InChI=1S/C24H30N8S/c1-16(18-8-6-5-7-9-18)15-26-22-29-23(31-24(30-22)32(4)13-12-25-3)28-19-10-11-20-21(14-19)33-17(2)27-20/h5-11,14,16,25H,12-13,15H2,1-4H3,(H2,26,28,29,30,31). The van der Waals surface area contributed by atoms with Gasteiger partial charge in [0.05, 0.1) is 15.2 Å². The van der Waals surface area contributed by atoms with Gasteiger partial charge in [-0.1, -0.05) is 37.3 Å². The molecular formula is C24H30N8S. The van der Waals surface area contributed by atoms with Crippen LogP contribution >= 0.6 is 11.3 Å². The van der Waals surface area contributed by atoms with Crippen LogP contribution in [0.25, 0.3) is 10.2 Å². The van der Waals surface area contributed by atoms with Crippen molar-refractivity contribution in [2.24, 2.45) is 0 Å². The molecule has 4 aromatic rings. The lowest BCUT2D eigenvalue weighted by atomic mass is 10.0. The lowest BCUT2D eigenvalue weighted by Gasteiger charge is -2.19. The first kappa shape index (κ1) is 22.9. The summed E-state index contributed by atoms with van der Waals surface area (Å²) >= 11 is 1.67. The highest BCUT2D eigenvalue weighted by Crippen LogP contribution is 2.26. The van der Waals surface area contributed by atoms with Crippen LogP contribution in [0.3, 0.4) is 0 Å². The van der Waals surface area contributed by atoms with Crippen LogP contribution in [0.2, 0.25) is 0 Å². The average molecular weight is 463 g/mol. The number of aryl methyl sites for hydroxylation is 1. The number of nitrogens with zero attached hydrogens (tertiary/aromatic N) is 5. The molecule has 0 bridgehead atoms. The third-order valence-corrected chi connectivity index (χ3v) is 6.28. The third kappa shape index (κ3) is 5.94. The molecule has 1 atom stereocenters. The Morgan fingerprint density at radius 3 is 2.58 bits per heavy atom. The van der Waals surface area contributed by atoms with Gasteiger partial charge >= 0.3 is 0 Å². The summed E-state index contributed by atoms with van der Waals surface area (Å²) in [5.41, 5.74) is 3.20. The van der Waals surface area contributed by atoms with Crippen LogP contribution in [-0.4, -0.2) is 53.7 Å². The monoisotopic (exact) mass is 462 g/mol. The van der Waals surface area contributed by atoms with E-state index in [0.717, 1.165) is 40.5 Å². The fraction of sp³-hybridized carbons (Fsp3) is 0.333. The Labute approximate surface area is 198 Å². The smallest absolute Gasteiger partial charge is 0.233 e. The van der Waals surface area contributed by atoms with Crippen molar-refractivity contribution in [2.45, 2.75) is 19.8 Å². The highest BCUT2D eigenvalue weighted by molar-refractivity contribution is 7.18. The van der Waals surface area contributed by atoms with E-state index in [1.165, 1.54) is 5.56 Å². The van der Waals surface area contributed by atoms with Crippen molar-refractivity contribution in [2.75, 3.05) is 49.3 Å². The number of anilines is 4. The van der Waals surface area contributed by atoms with E-state index >= 15 is 0 Å². The normalized spacial score (nSPS) is 12.0. The molecule has 9 heteroatoms. The molecule has 0 spiro atoms. The van der Waals surface area contributed by atoms with Gasteiger partial charge in [-0.25, -0.2) is 4.98 Å². The predicted molar refractivity (Wildman–Crippen MR) is 138 cm³/mol. The molecule has 1 unspecified atom stereocenters. The first-order chi connectivity index (χ1) is 16.0. The Hall–Kier alpha value is -3.30. The number of nitrogens with one attached hydrogen (secondary N) is 3. The number of likely N-dealkylation sites (N-methyl/N-ethyl adjacent to an activating group) is 2. The van der Waals surface area contributed by atoms with Gasteiger partial charge < -0.3 is 20.9 Å². The fourth-order valence-electron chi connectivity index (χ4n) is 3.44. The van der Waals surface area contributed by atoms with E-state index in [0.29, 0.717) is 23.8 Å². The maximum Gasteiger partial charge on any atom is 0.233 e. The first-order valence-electron chi connectivity index (χ1n) is 11.1. The zero-order chi connectivity index (χ0) is 23.2. The fourth-order valence-corrected chi connectivity index (χ4v) is 4.31. The molecule has 8 nitrogen and oxygen atoms in total. The van der Waals surface area contributed by atoms with Crippen LogP contribution in [0.1, 0.15) is 23.4 Å². The van der Waals surface area contributed by atoms with E-state index in [2.05, 4.69) is 73.1 Å². The molecule has 0 saturated heterocycles. The molecule has 0 aliphatic rings. The first-order valence-corrected chi connectivity index (χ1v) is 11.9. The molecule has 0 radical (unpaired) electrons. The molecule has 2 heterocycles. The Morgan fingerprint density at radius 2 is 1.79 bits per heavy atom. The van der Waals surface area contributed by atoms with Gasteiger partial charge in [0.1, 0.15) is 0 Å². The van der Waals surface area contributed by atoms with E-state index < -0.39 is 0 Å². The molecular weight excluding hydrogens is 432 g/mol. The van der Waals surface area contributed by atoms with Crippen molar-refractivity contribution in [1.82, 2.24) is 25.3 Å². The summed E-state index contributed by atoms with van der Waals surface area (Å²) < 4.78 is 1.13. The number of thiazole rings is 1. The lowest BCUT2D eigenvalue weighted by Crippen LogP contribution is -2.29. The molecule has 0 fully saturated rings. The number of rotatable bonds is 10. The molecule has 33 heavy (non-hydrogen) atoms. The molecule has 2 aromatic heterocycles.